The molecule has 2 heterocycles. The molecule has 6 heteroatoms. The van der Waals surface area contributed by atoms with Gasteiger partial charge in [-0.2, -0.15) is 0 Å². The molecule has 0 aliphatic carbocycles. The van der Waals surface area contributed by atoms with Gasteiger partial charge in [0.2, 0.25) is 0 Å². The number of hydrogen-bond acceptors (Lipinski definition) is 3. The van der Waals surface area contributed by atoms with Crippen LogP contribution < -0.4 is 11.1 Å². The smallest absolute Gasteiger partial charge is 0.254 e. The Hall–Kier alpha value is -1.75. The van der Waals surface area contributed by atoms with E-state index in [1.165, 1.54) is 5.56 Å². The molecule has 4 nitrogen and oxygen atoms in total. The molecular weight excluding hydrogens is 369 g/mol. The van der Waals surface area contributed by atoms with Crippen LogP contribution in [0.1, 0.15) is 33.8 Å². The lowest BCUT2D eigenvalue weighted by Crippen LogP contribution is -2.33. The first-order chi connectivity index (χ1) is 11.7. The Kier molecular flexibility index (Phi) is 6.93. The van der Waals surface area contributed by atoms with Crippen LogP contribution in [-0.2, 0) is 6.42 Å². The number of benzene rings is 2. The molecule has 2 atom stereocenters. The number of likely N-dealkylation sites (tertiary alicyclic amines) is 1. The molecule has 1 saturated heterocycles. The molecule has 2 aliphatic rings. The van der Waals surface area contributed by atoms with Crippen LogP contribution in [0.3, 0.4) is 0 Å². The van der Waals surface area contributed by atoms with E-state index in [9.17, 15) is 4.79 Å². The number of nitrogens with one attached hydrogen (secondary N) is 1. The van der Waals surface area contributed by atoms with E-state index >= 15 is 0 Å². The van der Waals surface area contributed by atoms with Gasteiger partial charge in [-0.25, -0.2) is 0 Å². The van der Waals surface area contributed by atoms with Crippen molar-refractivity contribution in [1.29, 1.82) is 0 Å². The van der Waals surface area contributed by atoms with Crippen molar-refractivity contribution < 1.29 is 4.79 Å². The summed E-state index contributed by atoms with van der Waals surface area (Å²) < 4.78 is 0. The van der Waals surface area contributed by atoms with Gasteiger partial charge in [-0.1, -0.05) is 36.4 Å². The van der Waals surface area contributed by atoms with E-state index in [1.807, 2.05) is 35.2 Å². The molecule has 0 aromatic heterocycles. The molecule has 140 valence electrons. The SMILES string of the molecule is Cl.Cl.N[C@@H]1CN(C(=O)c2cccc3c2CCCN3)C[C@H]1c1ccccc1. The molecule has 0 saturated carbocycles. The first-order valence-electron chi connectivity index (χ1n) is 8.69. The second kappa shape index (κ2) is 8.76. The second-order valence-electron chi connectivity index (χ2n) is 6.75. The molecular formula is C20H25Cl2N3O. The summed E-state index contributed by atoms with van der Waals surface area (Å²) in [6, 6.07) is 16.3. The molecule has 0 radical (unpaired) electrons. The number of nitrogens with zero attached hydrogens (tertiary/aromatic N) is 1. The summed E-state index contributed by atoms with van der Waals surface area (Å²) in [7, 11) is 0. The topological polar surface area (TPSA) is 58.4 Å². The highest BCUT2D eigenvalue weighted by Crippen LogP contribution is 2.30. The molecule has 1 fully saturated rings. The van der Waals surface area contributed by atoms with E-state index in [4.69, 9.17) is 5.73 Å². The number of carbonyl (C=O) groups is 1. The molecule has 0 spiro atoms. The standard InChI is InChI=1S/C20H23N3O.2ClH/c21-18-13-23(12-17(18)14-6-2-1-3-7-14)20(24)16-8-4-10-19-15(16)9-5-11-22-19;;/h1-4,6-8,10,17-18,22H,5,9,11-13,21H2;2*1H/t17-,18+;;/m0../s1. The zero-order chi connectivity index (χ0) is 16.5. The van der Waals surface area contributed by atoms with Crippen molar-refractivity contribution in [3.8, 4) is 0 Å². The first-order valence-corrected chi connectivity index (χ1v) is 8.69. The number of hydrogen-bond donors (Lipinski definition) is 2. The minimum Gasteiger partial charge on any atom is -0.385 e. The predicted molar refractivity (Wildman–Crippen MR) is 111 cm³/mol. The van der Waals surface area contributed by atoms with E-state index in [2.05, 4.69) is 23.5 Å². The highest BCUT2D eigenvalue weighted by Gasteiger charge is 2.35. The van der Waals surface area contributed by atoms with E-state index in [-0.39, 0.29) is 42.7 Å². The van der Waals surface area contributed by atoms with Gasteiger partial charge in [-0.05, 0) is 36.1 Å². The van der Waals surface area contributed by atoms with Gasteiger partial charge in [-0.3, -0.25) is 4.79 Å². The van der Waals surface area contributed by atoms with Crippen molar-refractivity contribution in [3.63, 3.8) is 0 Å². The molecule has 2 aromatic rings. The third-order valence-corrected chi connectivity index (χ3v) is 5.21. The van der Waals surface area contributed by atoms with Gasteiger partial charge in [0.1, 0.15) is 0 Å². The lowest BCUT2D eigenvalue weighted by Gasteiger charge is -2.23. The number of carbonyl (C=O) groups excluding carboxylic acids is 1. The maximum absolute atomic E-state index is 13.1. The van der Waals surface area contributed by atoms with Crippen LogP contribution in [0.25, 0.3) is 0 Å². The van der Waals surface area contributed by atoms with E-state index in [1.54, 1.807) is 0 Å². The minimum absolute atomic E-state index is 0. The summed E-state index contributed by atoms with van der Waals surface area (Å²) >= 11 is 0. The normalized spacial score (nSPS) is 21.0. The van der Waals surface area contributed by atoms with Gasteiger partial charge in [0.05, 0.1) is 0 Å². The van der Waals surface area contributed by atoms with Crippen LogP contribution in [0.5, 0.6) is 0 Å². The van der Waals surface area contributed by atoms with Crippen LogP contribution in [0.15, 0.2) is 48.5 Å². The highest BCUT2D eigenvalue weighted by molar-refractivity contribution is 5.97. The van der Waals surface area contributed by atoms with Crippen molar-refractivity contribution in [2.75, 3.05) is 25.0 Å². The summed E-state index contributed by atoms with van der Waals surface area (Å²) in [4.78, 5) is 15.0. The summed E-state index contributed by atoms with van der Waals surface area (Å²) in [5, 5.41) is 3.40. The van der Waals surface area contributed by atoms with Crippen molar-refractivity contribution in [2.24, 2.45) is 5.73 Å². The number of fused-ring (bicyclic) bond motifs is 1. The maximum atomic E-state index is 13.1. The zero-order valence-electron chi connectivity index (χ0n) is 14.6. The Labute approximate surface area is 167 Å². The lowest BCUT2D eigenvalue weighted by atomic mass is 9.95. The van der Waals surface area contributed by atoms with Gasteiger partial charge in [0, 0.05) is 42.8 Å². The van der Waals surface area contributed by atoms with Crippen LogP contribution in [-0.4, -0.2) is 36.5 Å². The van der Waals surface area contributed by atoms with Crippen molar-refractivity contribution in [2.45, 2.75) is 24.8 Å². The number of halogens is 2. The summed E-state index contributed by atoms with van der Waals surface area (Å²) in [6.07, 6.45) is 2.04. The Morgan fingerprint density at radius 2 is 1.81 bits per heavy atom. The minimum atomic E-state index is -0.00554. The molecule has 1 amide bonds. The fourth-order valence-electron chi connectivity index (χ4n) is 3.93. The number of nitrogens with two attached hydrogens (primary N) is 1. The van der Waals surface area contributed by atoms with Gasteiger partial charge < -0.3 is 16.0 Å². The van der Waals surface area contributed by atoms with Crippen molar-refractivity contribution in [1.82, 2.24) is 4.90 Å². The molecule has 4 rings (SSSR count). The monoisotopic (exact) mass is 393 g/mol. The Morgan fingerprint density at radius 3 is 2.58 bits per heavy atom. The third-order valence-electron chi connectivity index (χ3n) is 5.21. The van der Waals surface area contributed by atoms with Crippen LogP contribution in [0, 0.1) is 0 Å². The van der Waals surface area contributed by atoms with Crippen molar-refractivity contribution >= 4 is 36.4 Å². The summed E-state index contributed by atoms with van der Waals surface area (Å²) in [5.74, 6) is 0.331. The fourth-order valence-corrected chi connectivity index (χ4v) is 3.93. The summed E-state index contributed by atoms with van der Waals surface area (Å²) in [5.41, 5.74) is 10.7. The quantitative estimate of drug-likeness (QED) is 0.820. The molecule has 0 bridgehead atoms. The van der Waals surface area contributed by atoms with E-state index in [0.717, 1.165) is 36.2 Å². The molecule has 26 heavy (non-hydrogen) atoms. The average molecular weight is 394 g/mol. The van der Waals surface area contributed by atoms with Crippen LogP contribution in [0.2, 0.25) is 0 Å². The van der Waals surface area contributed by atoms with Gasteiger partial charge in [0.25, 0.3) is 5.91 Å². The average Bonchev–Trinajstić information content (AvgIpc) is 3.03. The molecule has 3 N–H and O–H groups in total. The predicted octanol–water partition coefficient (Wildman–Crippen LogP) is 3.46. The molecule has 2 aliphatic heterocycles. The van der Waals surface area contributed by atoms with Crippen LogP contribution >= 0.6 is 24.8 Å². The summed E-state index contributed by atoms with van der Waals surface area (Å²) in [6.45, 7) is 2.30. The number of anilines is 1. The highest BCUT2D eigenvalue weighted by atomic mass is 35.5. The van der Waals surface area contributed by atoms with E-state index < -0.39 is 0 Å². The van der Waals surface area contributed by atoms with Gasteiger partial charge in [0.15, 0.2) is 0 Å². The first kappa shape index (κ1) is 20.6. The zero-order valence-corrected chi connectivity index (χ0v) is 16.2. The fraction of sp³-hybridized carbons (Fsp3) is 0.350. The molecule has 2 aromatic carbocycles. The van der Waals surface area contributed by atoms with Crippen LogP contribution in [0.4, 0.5) is 5.69 Å². The van der Waals surface area contributed by atoms with E-state index in [0.29, 0.717) is 13.1 Å². The lowest BCUT2D eigenvalue weighted by molar-refractivity contribution is 0.0788. The Balaban J connectivity index is 0.00000121. The number of rotatable bonds is 2. The van der Waals surface area contributed by atoms with Gasteiger partial charge >= 0.3 is 0 Å². The molecule has 0 unspecified atom stereocenters. The Bertz CT molecular complexity index is 754. The third kappa shape index (κ3) is 3.83. The second-order valence-corrected chi connectivity index (χ2v) is 6.75. The number of amides is 1. The largest absolute Gasteiger partial charge is 0.385 e. The maximum Gasteiger partial charge on any atom is 0.254 e. The Morgan fingerprint density at radius 1 is 1.04 bits per heavy atom. The van der Waals surface area contributed by atoms with Gasteiger partial charge in [-0.15, -0.1) is 24.8 Å². The van der Waals surface area contributed by atoms with Crippen molar-refractivity contribution in [3.05, 3.63) is 65.2 Å².